The van der Waals surface area contributed by atoms with E-state index in [-0.39, 0.29) is 5.95 Å². The Hall–Kier alpha value is -1.91. The van der Waals surface area contributed by atoms with E-state index < -0.39 is 0 Å². The molecule has 5 nitrogen and oxygen atoms in total. The Kier molecular flexibility index (Phi) is 2.85. The molecule has 0 aromatic carbocycles. The molecule has 2 heterocycles. The van der Waals surface area contributed by atoms with Gasteiger partial charge in [0.1, 0.15) is 11.6 Å². The Morgan fingerprint density at radius 1 is 1.31 bits per heavy atom. The molecule has 2 aromatic rings. The SMILES string of the molecule is CCCc1nc(N)nc(-c2ccoc2C)n1. The van der Waals surface area contributed by atoms with E-state index in [4.69, 9.17) is 10.2 Å². The lowest BCUT2D eigenvalue weighted by atomic mass is 10.2. The van der Waals surface area contributed by atoms with Gasteiger partial charge in [-0.3, -0.25) is 0 Å². The van der Waals surface area contributed by atoms with Crippen LogP contribution in [0.15, 0.2) is 16.7 Å². The second-order valence-electron chi connectivity index (χ2n) is 3.57. The van der Waals surface area contributed by atoms with Crippen molar-refractivity contribution < 1.29 is 4.42 Å². The summed E-state index contributed by atoms with van der Waals surface area (Å²) in [6, 6.07) is 1.83. The second-order valence-corrected chi connectivity index (χ2v) is 3.57. The smallest absolute Gasteiger partial charge is 0.223 e. The minimum Gasteiger partial charge on any atom is -0.469 e. The van der Waals surface area contributed by atoms with Crippen molar-refractivity contribution in [2.75, 3.05) is 5.73 Å². The molecule has 0 saturated carbocycles. The van der Waals surface area contributed by atoms with Crippen LogP contribution in [0.4, 0.5) is 5.95 Å². The van der Waals surface area contributed by atoms with Crippen molar-refractivity contribution in [1.29, 1.82) is 0 Å². The quantitative estimate of drug-likeness (QED) is 0.852. The molecule has 2 N–H and O–H groups in total. The molecule has 0 amide bonds. The summed E-state index contributed by atoms with van der Waals surface area (Å²) in [7, 11) is 0. The zero-order valence-corrected chi connectivity index (χ0v) is 9.40. The molecule has 0 fully saturated rings. The zero-order chi connectivity index (χ0) is 11.5. The van der Waals surface area contributed by atoms with Gasteiger partial charge < -0.3 is 10.2 Å². The molecule has 0 spiro atoms. The van der Waals surface area contributed by atoms with Crippen molar-refractivity contribution in [2.24, 2.45) is 0 Å². The van der Waals surface area contributed by atoms with Gasteiger partial charge in [0.2, 0.25) is 5.95 Å². The van der Waals surface area contributed by atoms with Crippen molar-refractivity contribution in [3.8, 4) is 11.4 Å². The zero-order valence-electron chi connectivity index (χ0n) is 9.40. The number of anilines is 1. The van der Waals surface area contributed by atoms with E-state index in [1.165, 1.54) is 0 Å². The van der Waals surface area contributed by atoms with Gasteiger partial charge in [0.15, 0.2) is 5.82 Å². The normalized spacial score (nSPS) is 10.6. The van der Waals surface area contributed by atoms with E-state index in [0.29, 0.717) is 5.82 Å². The van der Waals surface area contributed by atoms with Crippen LogP contribution in [-0.2, 0) is 6.42 Å². The fourth-order valence-corrected chi connectivity index (χ4v) is 1.51. The lowest BCUT2D eigenvalue weighted by Gasteiger charge is -2.02. The number of aromatic nitrogens is 3. The maximum atomic E-state index is 5.65. The average Bonchev–Trinajstić information content (AvgIpc) is 2.64. The van der Waals surface area contributed by atoms with E-state index in [2.05, 4.69) is 21.9 Å². The summed E-state index contributed by atoms with van der Waals surface area (Å²) >= 11 is 0. The summed E-state index contributed by atoms with van der Waals surface area (Å²) in [5, 5.41) is 0. The van der Waals surface area contributed by atoms with E-state index in [9.17, 15) is 0 Å². The third-order valence-corrected chi connectivity index (χ3v) is 2.27. The summed E-state index contributed by atoms with van der Waals surface area (Å²) in [4.78, 5) is 12.6. The number of furan rings is 1. The number of nitrogens with zero attached hydrogens (tertiary/aromatic N) is 3. The van der Waals surface area contributed by atoms with Gasteiger partial charge in [-0.25, -0.2) is 4.98 Å². The van der Waals surface area contributed by atoms with E-state index >= 15 is 0 Å². The van der Waals surface area contributed by atoms with Crippen LogP contribution in [0.25, 0.3) is 11.4 Å². The van der Waals surface area contributed by atoms with Crippen LogP contribution in [-0.4, -0.2) is 15.0 Å². The Labute approximate surface area is 93.7 Å². The molecular weight excluding hydrogens is 204 g/mol. The molecule has 84 valence electrons. The summed E-state index contributed by atoms with van der Waals surface area (Å²) in [5.74, 6) is 2.36. The lowest BCUT2D eigenvalue weighted by molar-refractivity contribution is 0.535. The molecule has 0 bridgehead atoms. The topological polar surface area (TPSA) is 77.8 Å². The number of hydrogen-bond donors (Lipinski definition) is 1. The summed E-state index contributed by atoms with van der Waals surface area (Å²) in [6.45, 7) is 3.94. The van der Waals surface area contributed by atoms with Crippen LogP contribution in [0, 0.1) is 6.92 Å². The fourth-order valence-electron chi connectivity index (χ4n) is 1.51. The van der Waals surface area contributed by atoms with Crippen molar-refractivity contribution in [3.05, 3.63) is 23.9 Å². The maximum absolute atomic E-state index is 5.65. The van der Waals surface area contributed by atoms with Crippen LogP contribution < -0.4 is 5.73 Å². The van der Waals surface area contributed by atoms with Gasteiger partial charge in [-0.15, -0.1) is 0 Å². The minimum atomic E-state index is 0.258. The second kappa shape index (κ2) is 4.30. The summed E-state index contributed by atoms with van der Waals surface area (Å²) < 4.78 is 5.22. The molecule has 0 aliphatic carbocycles. The van der Waals surface area contributed by atoms with Crippen LogP contribution >= 0.6 is 0 Å². The lowest BCUT2D eigenvalue weighted by Crippen LogP contribution is -2.04. The molecule has 0 radical (unpaired) electrons. The van der Waals surface area contributed by atoms with Crippen LogP contribution in [0.3, 0.4) is 0 Å². The predicted octanol–water partition coefficient (Wildman–Crippen LogP) is 1.97. The predicted molar refractivity (Wildman–Crippen MR) is 60.7 cm³/mol. The number of rotatable bonds is 3. The Morgan fingerprint density at radius 2 is 2.12 bits per heavy atom. The highest BCUT2D eigenvalue weighted by Crippen LogP contribution is 2.21. The fraction of sp³-hybridized carbons (Fsp3) is 0.364. The van der Waals surface area contributed by atoms with Crippen LogP contribution in [0.5, 0.6) is 0 Å². The van der Waals surface area contributed by atoms with Crippen molar-refractivity contribution in [1.82, 2.24) is 15.0 Å². The van der Waals surface area contributed by atoms with E-state index in [1.54, 1.807) is 6.26 Å². The van der Waals surface area contributed by atoms with Crippen molar-refractivity contribution in [2.45, 2.75) is 26.7 Å². The largest absolute Gasteiger partial charge is 0.469 e. The van der Waals surface area contributed by atoms with Gasteiger partial charge in [-0.1, -0.05) is 6.92 Å². The third-order valence-electron chi connectivity index (χ3n) is 2.27. The minimum absolute atomic E-state index is 0.258. The monoisotopic (exact) mass is 218 g/mol. The van der Waals surface area contributed by atoms with E-state index in [1.807, 2.05) is 13.0 Å². The summed E-state index contributed by atoms with van der Waals surface area (Å²) in [5.41, 5.74) is 6.52. The highest BCUT2D eigenvalue weighted by molar-refractivity contribution is 5.57. The summed E-state index contributed by atoms with van der Waals surface area (Å²) in [6.07, 6.45) is 3.40. The van der Waals surface area contributed by atoms with Gasteiger partial charge in [-0.2, -0.15) is 9.97 Å². The van der Waals surface area contributed by atoms with Gasteiger partial charge >= 0.3 is 0 Å². The molecule has 0 aliphatic heterocycles. The van der Waals surface area contributed by atoms with Gasteiger partial charge in [0, 0.05) is 6.42 Å². The molecule has 0 saturated heterocycles. The first-order valence-corrected chi connectivity index (χ1v) is 5.25. The first-order valence-electron chi connectivity index (χ1n) is 5.25. The molecule has 2 rings (SSSR count). The van der Waals surface area contributed by atoms with Gasteiger partial charge in [-0.05, 0) is 19.4 Å². The molecule has 5 heteroatoms. The number of nitrogen functional groups attached to an aromatic ring is 1. The Bertz CT molecular complexity index is 492. The number of nitrogens with two attached hydrogens (primary N) is 1. The average molecular weight is 218 g/mol. The standard InChI is InChI=1S/C11H14N4O/c1-3-4-9-13-10(15-11(12)14-9)8-5-6-16-7(8)2/h5-6H,3-4H2,1-2H3,(H2,12,13,14,15). The van der Waals surface area contributed by atoms with Gasteiger partial charge in [0.25, 0.3) is 0 Å². The first kappa shape index (κ1) is 10.6. The molecule has 0 atom stereocenters. The molecule has 0 unspecified atom stereocenters. The Morgan fingerprint density at radius 3 is 2.75 bits per heavy atom. The van der Waals surface area contributed by atoms with Crippen molar-refractivity contribution >= 4 is 5.95 Å². The Balaban J connectivity index is 2.45. The molecule has 2 aromatic heterocycles. The van der Waals surface area contributed by atoms with Crippen LogP contribution in [0.1, 0.15) is 24.9 Å². The third kappa shape index (κ3) is 2.03. The first-order chi connectivity index (χ1) is 7.70. The number of hydrogen-bond acceptors (Lipinski definition) is 5. The number of aryl methyl sites for hydroxylation is 2. The maximum Gasteiger partial charge on any atom is 0.223 e. The molecular formula is C11H14N4O. The highest BCUT2D eigenvalue weighted by Gasteiger charge is 2.10. The molecule has 0 aliphatic rings. The molecule has 16 heavy (non-hydrogen) atoms. The van der Waals surface area contributed by atoms with Gasteiger partial charge in [0.05, 0.1) is 11.8 Å². The van der Waals surface area contributed by atoms with Crippen LogP contribution in [0.2, 0.25) is 0 Å². The van der Waals surface area contributed by atoms with Crippen molar-refractivity contribution in [3.63, 3.8) is 0 Å². The van der Waals surface area contributed by atoms with E-state index in [0.717, 1.165) is 30.0 Å². The highest BCUT2D eigenvalue weighted by atomic mass is 16.3.